The lowest BCUT2D eigenvalue weighted by Gasteiger charge is -2.17. The van der Waals surface area contributed by atoms with Gasteiger partial charge in [0, 0.05) is 6.54 Å². The number of hydrogen-bond acceptors (Lipinski definition) is 2. The summed E-state index contributed by atoms with van der Waals surface area (Å²) in [5.41, 5.74) is 0. The lowest BCUT2D eigenvalue weighted by molar-refractivity contribution is 0.0745. The number of carbonyl (C=O) groups excluding carboxylic acids is 1. The smallest absolute Gasteiger partial charge is 0.290 e. The van der Waals surface area contributed by atoms with Crippen molar-refractivity contribution in [3.05, 3.63) is 24.2 Å². The Bertz CT molecular complexity index is 322. The lowest BCUT2D eigenvalue weighted by Crippen LogP contribution is -2.31. The molecule has 1 amide bonds. The summed E-state index contributed by atoms with van der Waals surface area (Å²) in [7, 11) is 0. The minimum absolute atomic E-state index is 0.144. The van der Waals surface area contributed by atoms with Crippen LogP contribution in [0, 0.1) is 12.3 Å². The third kappa shape index (κ3) is 2.40. The summed E-state index contributed by atoms with van der Waals surface area (Å²) >= 11 is 0. The van der Waals surface area contributed by atoms with Crippen molar-refractivity contribution < 1.29 is 9.21 Å². The molecule has 1 rings (SSSR count). The van der Waals surface area contributed by atoms with Crippen molar-refractivity contribution in [2.75, 3.05) is 13.1 Å². The van der Waals surface area contributed by atoms with Crippen molar-refractivity contribution in [3.63, 3.8) is 0 Å². The fraction of sp³-hybridized carbons (Fsp3) is 0.364. The molecule has 3 heteroatoms. The highest BCUT2D eigenvalue weighted by Gasteiger charge is 2.15. The first-order valence-corrected chi connectivity index (χ1v) is 4.55. The molecule has 0 aromatic carbocycles. The van der Waals surface area contributed by atoms with Crippen molar-refractivity contribution in [2.24, 2.45) is 0 Å². The number of carbonyl (C=O) groups is 1. The minimum atomic E-state index is -0.144. The maximum atomic E-state index is 11.7. The Morgan fingerprint density at radius 1 is 1.71 bits per heavy atom. The van der Waals surface area contributed by atoms with Gasteiger partial charge in [0.1, 0.15) is 0 Å². The van der Waals surface area contributed by atoms with E-state index < -0.39 is 0 Å². The standard InChI is InChI=1S/C11H13NO2/c1-3-7-12(8-4-2)11(13)10-6-5-9-14-10/h1,5-6,9H,4,7-8H2,2H3. The van der Waals surface area contributed by atoms with Crippen LogP contribution < -0.4 is 0 Å². The van der Waals surface area contributed by atoms with E-state index in [1.807, 2.05) is 6.92 Å². The van der Waals surface area contributed by atoms with Gasteiger partial charge in [-0.15, -0.1) is 6.42 Å². The number of rotatable bonds is 4. The molecule has 3 nitrogen and oxygen atoms in total. The summed E-state index contributed by atoms with van der Waals surface area (Å²) in [6.45, 7) is 2.98. The highest BCUT2D eigenvalue weighted by molar-refractivity contribution is 5.91. The van der Waals surface area contributed by atoms with Crippen LogP contribution in [0.3, 0.4) is 0 Å². The Labute approximate surface area is 83.7 Å². The van der Waals surface area contributed by atoms with E-state index >= 15 is 0 Å². The Hall–Kier alpha value is -1.69. The second-order valence-electron chi connectivity index (χ2n) is 2.91. The fourth-order valence-corrected chi connectivity index (χ4v) is 1.19. The van der Waals surface area contributed by atoms with E-state index in [4.69, 9.17) is 10.8 Å². The third-order valence-electron chi connectivity index (χ3n) is 1.79. The van der Waals surface area contributed by atoms with E-state index in [0.29, 0.717) is 18.8 Å². The van der Waals surface area contributed by atoms with Gasteiger partial charge in [0.25, 0.3) is 5.91 Å². The SMILES string of the molecule is C#CCN(CCC)C(=O)c1ccco1. The molecule has 0 aliphatic carbocycles. The maximum absolute atomic E-state index is 11.7. The molecule has 0 radical (unpaired) electrons. The van der Waals surface area contributed by atoms with Gasteiger partial charge in [-0.3, -0.25) is 4.79 Å². The molecule has 0 fully saturated rings. The first-order valence-electron chi connectivity index (χ1n) is 4.55. The zero-order valence-corrected chi connectivity index (χ0v) is 8.19. The van der Waals surface area contributed by atoms with Crippen LogP contribution in [0.2, 0.25) is 0 Å². The number of terminal acetylenes is 1. The molecule has 1 aromatic heterocycles. The topological polar surface area (TPSA) is 33.5 Å². The van der Waals surface area contributed by atoms with Gasteiger partial charge < -0.3 is 9.32 Å². The van der Waals surface area contributed by atoms with Crippen LogP contribution >= 0.6 is 0 Å². The largest absolute Gasteiger partial charge is 0.459 e. The van der Waals surface area contributed by atoms with Crippen LogP contribution in [0.25, 0.3) is 0 Å². The zero-order valence-electron chi connectivity index (χ0n) is 8.19. The van der Waals surface area contributed by atoms with Gasteiger partial charge in [-0.25, -0.2) is 0 Å². The van der Waals surface area contributed by atoms with Crippen LogP contribution in [-0.2, 0) is 0 Å². The van der Waals surface area contributed by atoms with E-state index in [1.54, 1.807) is 17.0 Å². The number of amides is 1. The average Bonchev–Trinajstić information content (AvgIpc) is 2.69. The third-order valence-corrected chi connectivity index (χ3v) is 1.79. The van der Waals surface area contributed by atoms with E-state index in [-0.39, 0.29) is 5.91 Å². The van der Waals surface area contributed by atoms with E-state index in [2.05, 4.69) is 5.92 Å². The van der Waals surface area contributed by atoms with Gasteiger partial charge in [-0.2, -0.15) is 0 Å². The second-order valence-corrected chi connectivity index (χ2v) is 2.91. The molecule has 1 aromatic rings. The van der Waals surface area contributed by atoms with Gasteiger partial charge in [-0.1, -0.05) is 12.8 Å². The Kier molecular flexibility index (Phi) is 3.81. The molecule has 0 unspecified atom stereocenters. The summed E-state index contributed by atoms with van der Waals surface area (Å²) in [5, 5.41) is 0. The van der Waals surface area contributed by atoms with Gasteiger partial charge in [0.2, 0.25) is 0 Å². The Morgan fingerprint density at radius 3 is 3.00 bits per heavy atom. The molecular formula is C11H13NO2. The molecule has 0 aliphatic rings. The van der Waals surface area contributed by atoms with E-state index in [9.17, 15) is 4.79 Å². The highest BCUT2D eigenvalue weighted by atomic mass is 16.3. The van der Waals surface area contributed by atoms with Crippen molar-refractivity contribution in [1.82, 2.24) is 4.90 Å². The number of nitrogens with zero attached hydrogens (tertiary/aromatic N) is 1. The predicted molar refractivity (Wildman–Crippen MR) is 53.7 cm³/mol. The van der Waals surface area contributed by atoms with Crippen molar-refractivity contribution in [1.29, 1.82) is 0 Å². The molecule has 74 valence electrons. The maximum Gasteiger partial charge on any atom is 0.290 e. The van der Waals surface area contributed by atoms with E-state index in [0.717, 1.165) is 6.42 Å². The zero-order chi connectivity index (χ0) is 10.4. The summed E-state index contributed by atoms with van der Waals surface area (Å²) in [6.07, 6.45) is 7.54. The minimum Gasteiger partial charge on any atom is -0.459 e. The molecule has 0 aliphatic heterocycles. The van der Waals surface area contributed by atoms with Crippen molar-refractivity contribution in [3.8, 4) is 12.3 Å². The lowest BCUT2D eigenvalue weighted by atomic mass is 10.3. The van der Waals surface area contributed by atoms with Crippen molar-refractivity contribution >= 4 is 5.91 Å². The Morgan fingerprint density at radius 2 is 2.50 bits per heavy atom. The van der Waals surface area contributed by atoms with Gasteiger partial charge in [0.05, 0.1) is 12.8 Å². The highest BCUT2D eigenvalue weighted by Crippen LogP contribution is 2.05. The van der Waals surface area contributed by atoms with E-state index in [1.165, 1.54) is 6.26 Å². The molecule has 0 saturated heterocycles. The summed E-state index contributed by atoms with van der Waals surface area (Å²) in [6, 6.07) is 3.33. The fourth-order valence-electron chi connectivity index (χ4n) is 1.19. The molecular weight excluding hydrogens is 178 g/mol. The second kappa shape index (κ2) is 5.13. The van der Waals surface area contributed by atoms with Gasteiger partial charge >= 0.3 is 0 Å². The van der Waals surface area contributed by atoms with Crippen molar-refractivity contribution in [2.45, 2.75) is 13.3 Å². The predicted octanol–water partition coefficient (Wildman–Crippen LogP) is 1.77. The molecule has 14 heavy (non-hydrogen) atoms. The summed E-state index contributed by atoms with van der Waals surface area (Å²) in [5.74, 6) is 2.66. The summed E-state index contributed by atoms with van der Waals surface area (Å²) < 4.78 is 5.01. The quantitative estimate of drug-likeness (QED) is 0.679. The molecule has 0 saturated carbocycles. The molecule has 0 N–H and O–H groups in total. The van der Waals surface area contributed by atoms with Gasteiger partial charge in [-0.05, 0) is 18.6 Å². The molecule has 1 heterocycles. The number of hydrogen-bond donors (Lipinski definition) is 0. The van der Waals surface area contributed by atoms with Crippen LogP contribution in [-0.4, -0.2) is 23.9 Å². The molecule has 0 spiro atoms. The van der Waals surface area contributed by atoms with Crippen LogP contribution in [0.15, 0.2) is 22.8 Å². The normalized spacial score (nSPS) is 9.43. The van der Waals surface area contributed by atoms with Crippen LogP contribution in [0.1, 0.15) is 23.9 Å². The monoisotopic (exact) mass is 191 g/mol. The van der Waals surface area contributed by atoms with Crippen LogP contribution in [0.4, 0.5) is 0 Å². The molecule has 0 atom stereocenters. The summed E-state index contributed by atoms with van der Waals surface area (Å²) in [4.78, 5) is 13.3. The van der Waals surface area contributed by atoms with Crippen LogP contribution in [0.5, 0.6) is 0 Å². The number of furan rings is 1. The first-order chi connectivity index (χ1) is 6.79. The first kappa shape index (κ1) is 10.4. The Balaban J connectivity index is 2.69. The average molecular weight is 191 g/mol. The van der Waals surface area contributed by atoms with Gasteiger partial charge in [0.15, 0.2) is 5.76 Å². The molecule has 0 bridgehead atoms.